The van der Waals surface area contributed by atoms with E-state index < -0.39 is 5.97 Å². The molecular weight excluding hydrogens is 252 g/mol. The summed E-state index contributed by atoms with van der Waals surface area (Å²) in [7, 11) is 0. The molecule has 0 fully saturated rings. The molecule has 1 unspecified atom stereocenters. The summed E-state index contributed by atoms with van der Waals surface area (Å²) in [5, 5.41) is 9.04. The van der Waals surface area contributed by atoms with Gasteiger partial charge in [0.05, 0.1) is 5.56 Å². The maximum absolute atomic E-state index is 11.0. The Morgan fingerprint density at radius 3 is 2.15 bits per heavy atom. The molecule has 0 aliphatic heterocycles. The van der Waals surface area contributed by atoms with Gasteiger partial charge in [0.25, 0.3) is 0 Å². The van der Waals surface area contributed by atoms with Gasteiger partial charge in [-0.2, -0.15) is 0 Å². The molecule has 0 saturated heterocycles. The number of rotatable bonds is 4. The van der Waals surface area contributed by atoms with Crippen molar-refractivity contribution in [3.05, 3.63) is 64.7 Å². The Balaban J connectivity index is 2.28. The Kier molecular flexibility index (Phi) is 4.08. The lowest BCUT2D eigenvalue weighted by atomic mass is 10.1. The maximum atomic E-state index is 11.0. The molecule has 2 aromatic rings. The summed E-state index contributed by atoms with van der Waals surface area (Å²) in [6.07, 6.45) is -0.0794. The first-order valence-electron chi connectivity index (χ1n) is 6.55. The molecule has 0 saturated carbocycles. The molecule has 0 aliphatic rings. The minimum atomic E-state index is -0.918. The van der Waals surface area contributed by atoms with Gasteiger partial charge in [-0.05, 0) is 49.6 Å². The number of aromatic carboxylic acids is 1. The molecule has 104 valence electrons. The van der Waals surface area contributed by atoms with Crippen LogP contribution in [-0.2, 0) is 0 Å². The van der Waals surface area contributed by atoms with Crippen LogP contribution in [-0.4, -0.2) is 11.1 Å². The first-order valence-corrected chi connectivity index (χ1v) is 6.55. The SMILES string of the molecule is Cc1cc(C(=O)O)cc(C)c1OC(C)c1ccccc1. The molecule has 0 bridgehead atoms. The van der Waals surface area contributed by atoms with Crippen LogP contribution in [0.3, 0.4) is 0 Å². The fourth-order valence-electron chi connectivity index (χ4n) is 2.23. The van der Waals surface area contributed by atoms with Crippen molar-refractivity contribution in [2.24, 2.45) is 0 Å². The van der Waals surface area contributed by atoms with E-state index in [9.17, 15) is 4.79 Å². The highest BCUT2D eigenvalue weighted by molar-refractivity contribution is 5.88. The number of carboxylic acid groups (broad SMARTS) is 1. The van der Waals surface area contributed by atoms with Crippen LogP contribution in [0.4, 0.5) is 0 Å². The van der Waals surface area contributed by atoms with E-state index in [4.69, 9.17) is 9.84 Å². The van der Waals surface area contributed by atoms with Gasteiger partial charge >= 0.3 is 5.97 Å². The van der Waals surface area contributed by atoms with Crippen LogP contribution in [0.2, 0.25) is 0 Å². The molecular formula is C17H18O3. The summed E-state index contributed by atoms with van der Waals surface area (Å²) >= 11 is 0. The van der Waals surface area contributed by atoms with Gasteiger partial charge in [-0.25, -0.2) is 4.79 Å². The number of aryl methyl sites for hydroxylation is 2. The summed E-state index contributed by atoms with van der Waals surface area (Å²) < 4.78 is 6.00. The predicted molar refractivity (Wildman–Crippen MR) is 78.4 cm³/mol. The smallest absolute Gasteiger partial charge is 0.335 e. The zero-order valence-corrected chi connectivity index (χ0v) is 11.9. The van der Waals surface area contributed by atoms with Gasteiger partial charge < -0.3 is 9.84 Å². The van der Waals surface area contributed by atoms with Crippen LogP contribution in [0.5, 0.6) is 5.75 Å². The van der Waals surface area contributed by atoms with Crippen LogP contribution < -0.4 is 4.74 Å². The number of carbonyl (C=O) groups is 1. The molecule has 0 aliphatic carbocycles. The van der Waals surface area contributed by atoms with E-state index in [1.807, 2.05) is 51.1 Å². The molecule has 0 amide bonds. The van der Waals surface area contributed by atoms with Crippen LogP contribution in [0.1, 0.15) is 40.1 Å². The Morgan fingerprint density at radius 2 is 1.65 bits per heavy atom. The van der Waals surface area contributed by atoms with Crippen LogP contribution in [0.15, 0.2) is 42.5 Å². The van der Waals surface area contributed by atoms with Crippen molar-refractivity contribution >= 4 is 5.97 Å². The Hall–Kier alpha value is -2.29. The van der Waals surface area contributed by atoms with Gasteiger partial charge in [0.1, 0.15) is 11.9 Å². The van der Waals surface area contributed by atoms with Crippen molar-refractivity contribution in [2.75, 3.05) is 0 Å². The van der Waals surface area contributed by atoms with Crippen LogP contribution in [0.25, 0.3) is 0 Å². The summed E-state index contributed by atoms with van der Waals surface area (Å²) in [6, 6.07) is 13.2. The molecule has 0 heterocycles. The highest BCUT2D eigenvalue weighted by Gasteiger charge is 2.14. The zero-order chi connectivity index (χ0) is 14.7. The van der Waals surface area contributed by atoms with Gasteiger partial charge in [0.15, 0.2) is 0 Å². The number of ether oxygens (including phenoxy) is 1. The van der Waals surface area contributed by atoms with Gasteiger partial charge in [0, 0.05) is 0 Å². The summed E-state index contributed by atoms with van der Waals surface area (Å²) in [6.45, 7) is 5.72. The van der Waals surface area contributed by atoms with Crippen molar-refractivity contribution in [2.45, 2.75) is 26.9 Å². The lowest BCUT2D eigenvalue weighted by Gasteiger charge is -2.19. The monoisotopic (exact) mass is 270 g/mol. The van der Waals surface area contributed by atoms with E-state index in [0.717, 1.165) is 22.4 Å². The Labute approximate surface area is 118 Å². The van der Waals surface area contributed by atoms with E-state index >= 15 is 0 Å². The van der Waals surface area contributed by atoms with Crippen molar-refractivity contribution in [1.29, 1.82) is 0 Å². The van der Waals surface area contributed by atoms with Crippen molar-refractivity contribution in [3.63, 3.8) is 0 Å². The van der Waals surface area contributed by atoms with E-state index in [1.54, 1.807) is 12.1 Å². The highest BCUT2D eigenvalue weighted by Crippen LogP contribution is 2.29. The molecule has 0 radical (unpaired) electrons. The van der Waals surface area contributed by atoms with Crippen molar-refractivity contribution in [3.8, 4) is 5.75 Å². The lowest BCUT2D eigenvalue weighted by Crippen LogP contribution is -2.06. The standard InChI is InChI=1S/C17H18O3/c1-11-9-15(17(18)19)10-12(2)16(11)20-13(3)14-7-5-4-6-8-14/h4-10,13H,1-3H3,(H,18,19). The summed E-state index contributed by atoms with van der Waals surface area (Å²) in [4.78, 5) is 11.0. The molecule has 20 heavy (non-hydrogen) atoms. The van der Waals surface area contributed by atoms with Gasteiger partial charge in [-0.15, -0.1) is 0 Å². The molecule has 3 nitrogen and oxygen atoms in total. The number of carboxylic acids is 1. The molecule has 3 heteroatoms. The first-order chi connectivity index (χ1) is 9.49. The predicted octanol–water partition coefficient (Wildman–Crippen LogP) is 4.14. The molecule has 0 spiro atoms. The third-order valence-electron chi connectivity index (χ3n) is 3.27. The van der Waals surface area contributed by atoms with E-state index in [1.165, 1.54) is 0 Å². The molecule has 1 N–H and O–H groups in total. The lowest BCUT2D eigenvalue weighted by molar-refractivity contribution is 0.0696. The second kappa shape index (κ2) is 5.78. The number of hydrogen-bond donors (Lipinski definition) is 1. The largest absolute Gasteiger partial charge is 0.485 e. The quantitative estimate of drug-likeness (QED) is 0.908. The summed E-state index contributed by atoms with van der Waals surface area (Å²) in [5.41, 5.74) is 3.06. The number of benzene rings is 2. The van der Waals surface area contributed by atoms with Gasteiger partial charge in [-0.1, -0.05) is 30.3 Å². The first kappa shape index (κ1) is 14.1. The average molecular weight is 270 g/mol. The van der Waals surface area contributed by atoms with E-state index in [-0.39, 0.29) is 6.10 Å². The molecule has 2 aromatic carbocycles. The van der Waals surface area contributed by atoms with E-state index in [0.29, 0.717) is 5.56 Å². The third-order valence-corrected chi connectivity index (χ3v) is 3.27. The summed E-state index contributed by atoms with van der Waals surface area (Å²) in [5.74, 6) is -0.162. The minimum Gasteiger partial charge on any atom is -0.485 e. The van der Waals surface area contributed by atoms with Crippen molar-refractivity contribution < 1.29 is 14.6 Å². The normalized spacial score (nSPS) is 11.9. The molecule has 2 rings (SSSR count). The Bertz CT molecular complexity index is 594. The van der Waals surface area contributed by atoms with E-state index in [2.05, 4.69) is 0 Å². The van der Waals surface area contributed by atoms with Gasteiger partial charge in [0.2, 0.25) is 0 Å². The molecule has 0 aromatic heterocycles. The fourth-order valence-corrected chi connectivity index (χ4v) is 2.23. The zero-order valence-electron chi connectivity index (χ0n) is 11.9. The van der Waals surface area contributed by atoms with Gasteiger partial charge in [-0.3, -0.25) is 0 Å². The maximum Gasteiger partial charge on any atom is 0.335 e. The highest BCUT2D eigenvalue weighted by atomic mass is 16.5. The fraction of sp³-hybridized carbons (Fsp3) is 0.235. The minimum absolute atomic E-state index is 0.0794. The second-order valence-corrected chi connectivity index (χ2v) is 4.92. The number of hydrogen-bond acceptors (Lipinski definition) is 2. The van der Waals surface area contributed by atoms with Crippen molar-refractivity contribution in [1.82, 2.24) is 0 Å². The second-order valence-electron chi connectivity index (χ2n) is 4.92. The van der Waals surface area contributed by atoms with Crippen LogP contribution >= 0.6 is 0 Å². The van der Waals surface area contributed by atoms with Crippen LogP contribution in [0, 0.1) is 13.8 Å². The average Bonchev–Trinajstić information content (AvgIpc) is 2.43. The Morgan fingerprint density at radius 1 is 1.10 bits per heavy atom. The third kappa shape index (κ3) is 2.99. The molecule has 1 atom stereocenters. The topological polar surface area (TPSA) is 46.5 Å².